The summed E-state index contributed by atoms with van der Waals surface area (Å²) in [5, 5.41) is 3.50. The van der Waals surface area contributed by atoms with Crippen LogP contribution in [0.15, 0.2) is 54.7 Å². The lowest BCUT2D eigenvalue weighted by molar-refractivity contribution is -0.140. The van der Waals surface area contributed by atoms with Gasteiger partial charge in [0.05, 0.1) is 12.1 Å². The van der Waals surface area contributed by atoms with Crippen molar-refractivity contribution in [2.75, 3.05) is 18.9 Å². The highest BCUT2D eigenvalue weighted by Crippen LogP contribution is 2.21. The lowest BCUT2D eigenvalue weighted by atomic mass is 10.2. The van der Waals surface area contributed by atoms with Gasteiger partial charge in [0, 0.05) is 36.9 Å². The number of likely N-dealkylation sites (N-methyl/N-ethyl adjacent to an activating group) is 1. The number of hydrogen-bond donors (Lipinski definition) is 1. The van der Waals surface area contributed by atoms with E-state index in [2.05, 4.69) is 5.32 Å². The molecule has 156 valence electrons. The molecule has 1 aromatic heterocycles. The first-order valence-corrected chi connectivity index (χ1v) is 9.63. The minimum absolute atomic E-state index is 0.150. The number of rotatable bonds is 6. The number of carbonyl (C=O) groups excluding carboxylic acids is 3. The Labute approximate surface area is 175 Å². The average Bonchev–Trinajstić information content (AvgIpc) is 3.06. The third-order valence-electron chi connectivity index (χ3n) is 4.84. The van der Waals surface area contributed by atoms with Crippen molar-refractivity contribution in [1.82, 2.24) is 9.47 Å². The van der Waals surface area contributed by atoms with E-state index < -0.39 is 18.0 Å². The second-order valence-corrected chi connectivity index (χ2v) is 7.33. The Morgan fingerprint density at radius 3 is 2.47 bits per heavy atom. The number of amides is 2. The number of esters is 1. The molecule has 1 atom stereocenters. The first-order chi connectivity index (χ1) is 14.3. The maximum atomic E-state index is 12.6. The van der Waals surface area contributed by atoms with Crippen molar-refractivity contribution in [3.05, 3.63) is 65.9 Å². The second kappa shape index (κ2) is 8.82. The van der Waals surface area contributed by atoms with Crippen LogP contribution in [0.25, 0.3) is 10.9 Å². The largest absolute Gasteiger partial charge is 0.449 e. The molecule has 1 N–H and O–H groups in total. The van der Waals surface area contributed by atoms with Crippen molar-refractivity contribution in [1.29, 1.82) is 0 Å². The van der Waals surface area contributed by atoms with Gasteiger partial charge in [-0.15, -0.1) is 0 Å². The molecule has 0 spiro atoms. The van der Waals surface area contributed by atoms with Crippen LogP contribution in [0.5, 0.6) is 0 Å². The molecule has 0 fully saturated rings. The average molecular weight is 407 g/mol. The summed E-state index contributed by atoms with van der Waals surface area (Å²) in [4.78, 5) is 38.6. The number of ether oxygens (including phenoxy) is 1. The molecule has 3 aromatic rings. The molecule has 0 saturated heterocycles. The predicted molar refractivity (Wildman–Crippen MR) is 115 cm³/mol. The van der Waals surface area contributed by atoms with E-state index in [1.54, 1.807) is 18.3 Å². The highest BCUT2D eigenvalue weighted by atomic mass is 16.5. The summed E-state index contributed by atoms with van der Waals surface area (Å²) in [6.45, 7) is 3.31. The van der Waals surface area contributed by atoms with Gasteiger partial charge in [-0.2, -0.15) is 0 Å². The number of hydrogen-bond acceptors (Lipinski definition) is 4. The van der Waals surface area contributed by atoms with E-state index in [0.29, 0.717) is 11.3 Å². The Morgan fingerprint density at radius 1 is 1.10 bits per heavy atom. The molecule has 0 radical (unpaired) electrons. The van der Waals surface area contributed by atoms with Gasteiger partial charge in [-0.25, -0.2) is 4.79 Å². The van der Waals surface area contributed by atoms with Crippen LogP contribution < -0.4 is 5.32 Å². The Kier molecular flexibility index (Phi) is 6.20. The van der Waals surface area contributed by atoms with Gasteiger partial charge in [0.25, 0.3) is 5.91 Å². The van der Waals surface area contributed by atoms with Gasteiger partial charge in [-0.05, 0) is 32.0 Å². The first kappa shape index (κ1) is 21.1. The van der Waals surface area contributed by atoms with Crippen LogP contribution in [0.3, 0.4) is 0 Å². The zero-order valence-electron chi connectivity index (χ0n) is 17.5. The number of para-hydroxylation sites is 1. The second-order valence-electron chi connectivity index (χ2n) is 7.33. The summed E-state index contributed by atoms with van der Waals surface area (Å²) in [6, 6.07) is 14.8. The van der Waals surface area contributed by atoms with Crippen molar-refractivity contribution >= 4 is 34.4 Å². The van der Waals surface area contributed by atoms with E-state index in [9.17, 15) is 14.4 Å². The lowest BCUT2D eigenvalue weighted by Crippen LogP contribution is -2.41. The van der Waals surface area contributed by atoms with Gasteiger partial charge >= 0.3 is 5.97 Å². The molecular weight excluding hydrogens is 382 g/mol. The molecule has 2 amide bonds. The molecule has 0 aliphatic rings. The Balaban J connectivity index is 1.59. The maximum Gasteiger partial charge on any atom is 0.341 e. The van der Waals surface area contributed by atoms with Crippen molar-refractivity contribution in [3.8, 4) is 0 Å². The summed E-state index contributed by atoms with van der Waals surface area (Å²) >= 11 is 0. The summed E-state index contributed by atoms with van der Waals surface area (Å²) in [6.07, 6.45) is 0.664. The van der Waals surface area contributed by atoms with Gasteiger partial charge in [-0.3, -0.25) is 9.59 Å². The zero-order valence-corrected chi connectivity index (χ0v) is 17.5. The van der Waals surface area contributed by atoms with Gasteiger partial charge < -0.3 is 19.5 Å². The number of carbonyl (C=O) groups is 3. The smallest absolute Gasteiger partial charge is 0.341 e. The lowest BCUT2D eigenvalue weighted by Gasteiger charge is -2.21. The number of fused-ring (bicyclic) bond motifs is 1. The van der Waals surface area contributed by atoms with E-state index >= 15 is 0 Å². The molecular formula is C23H25N3O4. The predicted octanol–water partition coefficient (Wildman–Crippen LogP) is 3.13. The van der Waals surface area contributed by atoms with Crippen LogP contribution in [0.2, 0.25) is 0 Å². The fourth-order valence-electron chi connectivity index (χ4n) is 3.22. The molecule has 0 bridgehead atoms. The van der Waals surface area contributed by atoms with Crippen molar-refractivity contribution in [3.63, 3.8) is 0 Å². The minimum Gasteiger partial charge on any atom is -0.449 e. The molecule has 3 rings (SSSR count). The van der Waals surface area contributed by atoms with Crippen molar-refractivity contribution < 1.29 is 19.1 Å². The van der Waals surface area contributed by atoms with Crippen LogP contribution in [-0.2, 0) is 21.4 Å². The SMILES string of the molecule is Cc1ccc(NC(=O)CN(C)C(=O)[C@@H](C)OC(=O)c2cn(C)c3ccccc23)cc1. The fraction of sp³-hybridized carbons (Fsp3) is 0.261. The Hall–Kier alpha value is -3.61. The fourth-order valence-corrected chi connectivity index (χ4v) is 3.22. The number of aryl methyl sites for hydroxylation is 2. The minimum atomic E-state index is -1.02. The maximum absolute atomic E-state index is 12.6. The number of anilines is 1. The topological polar surface area (TPSA) is 80.6 Å². The molecule has 0 unspecified atom stereocenters. The van der Waals surface area contributed by atoms with Crippen LogP contribution in [0, 0.1) is 6.92 Å². The van der Waals surface area contributed by atoms with E-state index in [-0.39, 0.29) is 12.5 Å². The van der Waals surface area contributed by atoms with Crippen LogP contribution in [0.1, 0.15) is 22.8 Å². The van der Waals surface area contributed by atoms with Gasteiger partial charge in [0.1, 0.15) is 0 Å². The number of nitrogens with zero attached hydrogens (tertiary/aromatic N) is 2. The standard InChI is InChI=1S/C23H25N3O4/c1-15-9-11-17(12-10-15)24-21(27)14-26(4)22(28)16(2)30-23(29)19-13-25(3)20-8-6-5-7-18(19)20/h5-13,16H,14H2,1-4H3,(H,24,27)/t16-/m1/s1. The van der Waals surface area contributed by atoms with Crippen LogP contribution >= 0.6 is 0 Å². The molecule has 7 nitrogen and oxygen atoms in total. The Bertz CT molecular complexity index is 1090. The molecule has 2 aromatic carbocycles. The highest BCUT2D eigenvalue weighted by molar-refractivity contribution is 6.05. The third kappa shape index (κ3) is 4.68. The zero-order chi connectivity index (χ0) is 21.8. The van der Waals surface area contributed by atoms with Gasteiger partial charge in [0.2, 0.25) is 5.91 Å². The molecule has 1 heterocycles. The third-order valence-corrected chi connectivity index (χ3v) is 4.84. The normalized spacial score (nSPS) is 11.7. The first-order valence-electron chi connectivity index (χ1n) is 9.63. The monoisotopic (exact) mass is 407 g/mol. The number of benzene rings is 2. The summed E-state index contributed by atoms with van der Waals surface area (Å²) in [7, 11) is 3.34. The molecule has 30 heavy (non-hydrogen) atoms. The number of aromatic nitrogens is 1. The van der Waals surface area contributed by atoms with Crippen LogP contribution in [0.4, 0.5) is 5.69 Å². The van der Waals surface area contributed by atoms with E-state index in [0.717, 1.165) is 16.5 Å². The van der Waals surface area contributed by atoms with E-state index in [1.165, 1.54) is 18.9 Å². The van der Waals surface area contributed by atoms with Crippen LogP contribution in [-0.4, -0.2) is 46.9 Å². The van der Waals surface area contributed by atoms with E-state index in [1.807, 2.05) is 54.9 Å². The molecule has 0 aliphatic carbocycles. The van der Waals surface area contributed by atoms with Crippen molar-refractivity contribution in [2.24, 2.45) is 7.05 Å². The quantitative estimate of drug-likeness (QED) is 0.637. The van der Waals surface area contributed by atoms with Gasteiger partial charge in [0.15, 0.2) is 6.10 Å². The van der Waals surface area contributed by atoms with Gasteiger partial charge in [-0.1, -0.05) is 35.9 Å². The summed E-state index contributed by atoms with van der Waals surface area (Å²) in [5.74, 6) is -1.37. The molecule has 0 saturated carbocycles. The summed E-state index contributed by atoms with van der Waals surface area (Å²) in [5.41, 5.74) is 3.03. The summed E-state index contributed by atoms with van der Waals surface area (Å²) < 4.78 is 7.21. The Morgan fingerprint density at radius 2 is 1.77 bits per heavy atom. The highest BCUT2D eigenvalue weighted by Gasteiger charge is 2.25. The molecule has 7 heteroatoms. The van der Waals surface area contributed by atoms with E-state index in [4.69, 9.17) is 4.74 Å². The molecule has 0 aliphatic heterocycles. The number of nitrogens with one attached hydrogen (secondary N) is 1. The van der Waals surface area contributed by atoms with Crippen molar-refractivity contribution in [2.45, 2.75) is 20.0 Å².